The maximum absolute atomic E-state index is 4.11. The Morgan fingerprint density at radius 2 is 2.41 bits per heavy atom. The van der Waals surface area contributed by atoms with Crippen LogP contribution >= 0.6 is 0 Å². The average molecular weight is 231 g/mol. The van der Waals surface area contributed by atoms with E-state index in [2.05, 4.69) is 38.5 Å². The molecule has 5 heteroatoms. The van der Waals surface area contributed by atoms with Crippen LogP contribution in [0.2, 0.25) is 0 Å². The van der Waals surface area contributed by atoms with E-state index >= 15 is 0 Å². The van der Waals surface area contributed by atoms with Gasteiger partial charge in [0.25, 0.3) is 0 Å². The van der Waals surface area contributed by atoms with Gasteiger partial charge < -0.3 is 5.32 Å². The van der Waals surface area contributed by atoms with Crippen molar-refractivity contribution >= 4 is 0 Å². The highest BCUT2D eigenvalue weighted by molar-refractivity contribution is 5.12. The molecule has 0 aliphatic heterocycles. The van der Waals surface area contributed by atoms with Crippen molar-refractivity contribution in [3.05, 3.63) is 42.2 Å². The molecule has 0 saturated heterocycles. The Labute approximate surface area is 101 Å². The predicted octanol–water partition coefficient (Wildman–Crippen LogP) is 1.48. The summed E-state index contributed by atoms with van der Waals surface area (Å²) in [7, 11) is 0. The fourth-order valence-electron chi connectivity index (χ4n) is 1.68. The number of nitrogens with one attached hydrogen (secondary N) is 2. The monoisotopic (exact) mass is 231 g/mol. The molecule has 17 heavy (non-hydrogen) atoms. The molecule has 2 aromatic heterocycles. The molecule has 0 aliphatic rings. The zero-order valence-electron chi connectivity index (χ0n) is 9.93. The largest absolute Gasteiger partial charge is 0.310 e. The smallest absolute Gasteiger partial charge is 0.137 e. The van der Waals surface area contributed by atoms with E-state index in [1.165, 1.54) is 5.56 Å². The molecule has 0 radical (unpaired) electrons. The van der Waals surface area contributed by atoms with Gasteiger partial charge >= 0.3 is 0 Å². The summed E-state index contributed by atoms with van der Waals surface area (Å²) >= 11 is 0. The lowest BCUT2D eigenvalue weighted by atomic mass is 10.1. The lowest BCUT2D eigenvalue weighted by molar-refractivity contribution is 0.553. The maximum atomic E-state index is 4.11. The molecule has 1 unspecified atom stereocenters. The molecule has 0 saturated carbocycles. The van der Waals surface area contributed by atoms with Gasteiger partial charge in [-0.05, 0) is 31.5 Å². The van der Waals surface area contributed by atoms with Gasteiger partial charge in [0.2, 0.25) is 0 Å². The number of aromatic amines is 1. The standard InChI is InChI=1S/C12H17N5/c1-10(11-4-2-6-13-8-11)14-7-3-5-12-15-9-16-17-12/h2,4,6,8-10,14H,3,5,7H2,1H3,(H,15,16,17). The summed E-state index contributed by atoms with van der Waals surface area (Å²) in [5, 5.41) is 10.1. The minimum absolute atomic E-state index is 0.332. The van der Waals surface area contributed by atoms with Crippen LogP contribution in [0, 0.1) is 0 Å². The summed E-state index contributed by atoms with van der Waals surface area (Å²) in [4.78, 5) is 8.20. The van der Waals surface area contributed by atoms with Crippen molar-refractivity contribution in [3.63, 3.8) is 0 Å². The van der Waals surface area contributed by atoms with Gasteiger partial charge in [-0.1, -0.05) is 6.07 Å². The fraction of sp³-hybridized carbons (Fsp3) is 0.417. The molecular formula is C12H17N5. The highest BCUT2D eigenvalue weighted by Crippen LogP contribution is 2.09. The topological polar surface area (TPSA) is 66.5 Å². The van der Waals surface area contributed by atoms with Crippen LogP contribution in [-0.4, -0.2) is 26.7 Å². The summed E-state index contributed by atoms with van der Waals surface area (Å²) in [6, 6.07) is 4.38. The lowest BCUT2D eigenvalue weighted by Crippen LogP contribution is -2.20. The van der Waals surface area contributed by atoms with E-state index in [-0.39, 0.29) is 0 Å². The van der Waals surface area contributed by atoms with Crippen molar-refractivity contribution in [1.29, 1.82) is 0 Å². The number of aromatic nitrogens is 4. The molecule has 2 aromatic rings. The van der Waals surface area contributed by atoms with Crippen molar-refractivity contribution in [2.45, 2.75) is 25.8 Å². The first-order valence-electron chi connectivity index (χ1n) is 5.84. The molecule has 1 atom stereocenters. The Balaban J connectivity index is 1.68. The van der Waals surface area contributed by atoms with Crippen LogP contribution in [-0.2, 0) is 6.42 Å². The second-order valence-corrected chi connectivity index (χ2v) is 4.00. The minimum atomic E-state index is 0.332. The van der Waals surface area contributed by atoms with E-state index < -0.39 is 0 Å². The van der Waals surface area contributed by atoms with Gasteiger partial charge in [0.05, 0.1) is 0 Å². The zero-order chi connectivity index (χ0) is 11.9. The lowest BCUT2D eigenvalue weighted by Gasteiger charge is -2.13. The third-order valence-electron chi connectivity index (χ3n) is 2.69. The van der Waals surface area contributed by atoms with E-state index in [1.807, 2.05) is 12.3 Å². The average Bonchev–Trinajstić information content (AvgIpc) is 2.88. The third-order valence-corrected chi connectivity index (χ3v) is 2.69. The van der Waals surface area contributed by atoms with Crippen LogP contribution in [0.5, 0.6) is 0 Å². The van der Waals surface area contributed by atoms with Crippen LogP contribution in [0.1, 0.15) is 30.8 Å². The first kappa shape index (κ1) is 11.7. The van der Waals surface area contributed by atoms with E-state index in [4.69, 9.17) is 0 Å². The fourth-order valence-corrected chi connectivity index (χ4v) is 1.68. The van der Waals surface area contributed by atoms with Crippen molar-refractivity contribution in [2.75, 3.05) is 6.54 Å². The molecule has 90 valence electrons. The summed E-state index contributed by atoms with van der Waals surface area (Å²) in [6.07, 6.45) is 7.20. The predicted molar refractivity (Wildman–Crippen MR) is 65.4 cm³/mol. The summed E-state index contributed by atoms with van der Waals surface area (Å²) in [5.74, 6) is 0.945. The van der Waals surface area contributed by atoms with Crippen molar-refractivity contribution in [2.24, 2.45) is 0 Å². The Kier molecular flexibility index (Phi) is 4.21. The summed E-state index contributed by atoms with van der Waals surface area (Å²) < 4.78 is 0. The second-order valence-electron chi connectivity index (χ2n) is 4.00. The first-order chi connectivity index (χ1) is 8.36. The van der Waals surface area contributed by atoms with Gasteiger partial charge in [0, 0.05) is 24.9 Å². The van der Waals surface area contributed by atoms with Gasteiger partial charge in [-0.2, -0.15) is 5.10 Å². The molecule has 0 spiro atoms. The highest BCUT2D eigenvalue weighted by atomic mass is 15.2. The van der Waals surface area contributed by atoms with E-state index in [0.29, 0.717) is 6.04 Å². The number of hydrogen-bond acceptors (Lipinski definition) is 4. The van der Waals surface area contributed by atoms with Gasteiger partial charge in [-0.25, -0.2) is 4.98 Å². The van der Waals surface area contributed by atoms with Crippen LogP contribution in [0.15, 0.2) is 30.9 Å². The van der Waals surface area contributed by atoms with E-state index in [1.54, 1.807) is 12.5 Å². The minimum Gasteiger partial charge on any atom is -0.310 e. The van der Waals surface area contributed by atoms with Crippen molar-refractivity contribution < 1.29 is 0 Å². The molecule has 0 bridgehead atoms. The van der Waals surface area contributed by atoms with Crippen molar-refractivity contribution in [3.8, 4) is 0 Å². The summed E-state index contributed by atoms with van der Waals surface area (Å²) in [6.45, 7) is 3.10. The van der Waals surface area contributed by atoms with Gasteiger partial charge in [-0.3, -0.25) is 10.1 Å². The number of pyridine rings is 1. The number of rotatable bonds is 6. The first-order valence-corrected chi connectivity index (χ1v) is 5.84. The molecule has 0 aromatic carbocycles. The van der Waals surface area contributed by atoms with E-state index in [9.17, 15) is 0 Å². The van der Waals surface area contributed by atoms with Crippen molar-refractivity contribution in [1.82, 2.24) is 25.5 Å². The van der Waals surface area contributed by atoms with Gasteiger partial charge in [-0.15, -0.1) is 0 Å². The Morgan fingerprint density at radius 3 is 3.12 bits per heavy atom. The van der Waals surface area contributed by atoms with Gasteiger partial charge in [0.15, 0.2) is 0 Å². The zero-order valence-corrected chi connectivity index (χ0v) is 9.93. The number of H-pyrrole nitrogens is 1. The van der Waals surface area contributed by atoms with Gasteiger partial charge in [0.1, 0.15) is 12.2 Å². The molecule has 2 N–H and O–H groups in total. The number of hydrogen-bond donors (Lipinski definition) is 2. The normalized spacial score (nSPS) is 12.5. The molecule has 2 rings (SSSR count). The van der Waals surface area contributed by atoms with Crippen LogP contribution in [0.4, 0.5) is 0 Å². The van der Waals surface area contributed by atoms with Crippen LogP contribution in [0.25, 0.3) is 0 Å². The Hall–Kier alpha value is -1.75. The molecule has 5 nitrogen and oxygen atoms in total. The maximum Gasteiger partial charge on any atom is 0.137 e. The molecule has 2 heterocycles. The summed E-state index contributed by atoms with van der Waals surface area (Å²) in [5.41, 5.74) is 1.21. The molecular weight excluding hydrogens is 214 g/mol. The second kappa shape index (κ2) is 6.10. The number of nitrogens with zero attached hydrogens (tertiary/aromatic N) is 3. The molecule has 0 aliphatic carbocycles. The molecule has 0 fully saturated rings. The Bertz CT molecular complexity index is 412. The Morgan fingerprint density at radius 1 is 1.47 bits per heavy atom. The third kappa shape index (κ3) is 3.64. The van der Waals surface area contributed by atoms with E-state index in [0.717, 1.165) is 25.2 Å². The quantitative estimate of drug-likeness (QED) is 0.739. The highest BCUT2D eigenvalue weighted by Gasteiger charge is 2.03. The number of aryl methyl sites for hydroxylation is 1. The SMILES string of the molecule is CC(NCCCc1ncn[nH]1)c1cccnc1. The van der Waals surface area contributed by atoms with Crippen LogP contribution in [0.3, 0.4) is 0 Å². The van der Waals surface area contributed by atoms with Crippen LogP contribution < -0.4 is 5.32 Å². The molecule has 0 amide bonds.